The summed E-state index contributed by atoms with van der Waals surface area (Å²) < 4.78 is 0. The maximum atomic E-state index is 12.7. The molecule has 146 valence electrons. The maximum Gasteiger partial charge on any atom is 0.226 e. The number of hydrogen-bond donors (Lipinski definition) is 1. The first-order valence-corrected chi connectivity index (χ1v) is 10.2. The van der Waals surface area contributed by atoms with Crippen molar-refractivity contribution in [3.05, 3.63) is 54.1 Å². The number of rotatable bonds is 4. The number of pyridine rings is 1. The van der Waals surface area contributed by atoms with E-state index in [0.717, 1.165) is 62.4 Å². The molecule has 1 saturated heterocycles. The van der Waals surface area contributed by atoms with Crippen molar-refractivity contribution in [2.24, 2.45) is 5.92 Å². The number of nitrogens with one attached hydrogen (secondary N) is 1. The van der Waals surface area contributed by atoms with Crippen molar-refractivity contribution in [3.63, 3.8) is 0 Å². The molecule has 1 amide bonds. The van der Waals surface area contributed by atoms with Crippen molar-refractivity contribution in [2.75, 3.05) is 18.4 Å². The maximum absolute atomic E-state index is 12.7. The van der Waals surface area contributed by atoms with Crippen molar-refractivity contribution < 1.29 is 4.79 Å². The summed E-state index contributed by atoms with van der Waals surface area (Å²) in [6, 6.07) is 5.86. The Balaban J connectivity index is 1.37. The molecule has 1 atom stereocenters. The van der Waals surface area contributed by atoms with Gasteiger partial charge in [0.15, 0.2) is 0 Å². The predicted octanol–water partition coefficient (Wildman–Crippen LogP) is 3.99. The minimum absolute atomic E-state index is 0.177. The monoisotopic (exact) mass is 377 g/mol. The summed E-state index contributed by atoms with van der Waals surface area (Å²) in [6.45, 7) is 3.58. The molecule has 0 radical (unpaired) electrons. The number of amides is 1. The van der Waals surface area contributed by atoms with Crippen LogP contribution in [0.1, 0.15) is 49.4 Å². The van der Waals surface area contributed by atoms with E-state index in [1.54, 1.807) is 6.20 Å². The summed E-state index contributed by atoms with van der Waals surface area (Å²) in [6.07, 6.45) is 12.7. The summed E-state index contributed by atoms with van der Waals surface area (Å²) in [5, 5.41) is 3.24. The van der Waals surface area contributed by atoms with Crippen LogP contribution in [0.4, 0.5) is 11.6 Å². The van der Waals surface area contributed by atoms with E-state index < -0.39 is 0 Å². The van der Waals surface area contributed by atoms with Crippen molar-refractivity contribution >= 4 is 17.5 Å². The van der Waals surface area contributed by atoms with Crippen LogP contribution in [-0.4, -0.2) is 38.8 Å². The normalized spacial score (nSPS) is 20.2. The van der Waals surface area contributed by atoms with Crippen LogP contribution in [-0.2, 0) is 4.79 Å². The van der Waals surface area contributed by atoms with Gasteiger partial charge in [0.05, 0.1) is 11.9 Å². The van der Waals surface area contributed by atoms with Gasteiger partial charge in [-0.3, -0.25) is 9.78 Å². The van der Waals surface area contributed by atoms with Gasteiger partial charge in [-0.2, -0.15) is 0 Å². The second kappa shape index (κ2) is 8.50. The van der Waals surface area contributed by atoms with E-state index >= 15 is 0 Å². The highest BCUT2D eigenvalue weighted by molar-refractivity contribution is 5.79. The third-order valence-corrected chi connectivity index (χ3v) is 5.64. The quantitative estimate of drug-likeness (QED) is 0.816. The number of piperidine rings is 1. The van der Waals surface area contributed by atoms with Crippen LogP contribution in [0.15, 0.2) is 42.7 Å². The zero-order valence-corrected chi connectivity index (χ0v) is 16.3. The standard InChI is InChI=1S/C22H27N5O/c1-16-6-5-9-20(24-16)26-21-15-23-14-19(25-21)17-10-12-27(13-11-17)22(28)18-7-3-2-4-8-18/h2-3,5-6,9,14-15,17-18H,4,7-8,10-13H2,1H3,(H,24,25,26)/t18-/m1/s1. The van der Waals surface area contributed by atoms with E-state index in [4.69, 9.17) is 4.98 Å². The molecule has 28 heavy (non-hydrogen) atoms. The van der Waals surface area contributed by atoms with Crippen LogP contribution in [0.25, 0.3) is 0 Å². The summed E-state index contributed by atoms with van der Waals surface area (Å²) in [5.41, 5.74) is 1.95. The molecular formula is C22H27N5O. The number of anilines is 2. The average molecular weight is 377 g/mol. The Morgan fingerprint density at radius 1 is 1.07 bits per heavy atom. The van der Waals surface area contributed by atoms with Crippen LogP contribution in [0, 0.1) is 12.8 Å². The van der Waals surface area contributed by atoms with Gasteiger partial charge in [0.25, 0.3) is 0 Å². The number of aromatic nitrogens is 3. The molecule has 0 spiro atoms. The Morgan fingerprint density at radius 3 is 2.68 bits per heavy atom. The minimum atomic E-state index is 0.177. The topological polar surface area (TPSA) is 71.0 Å². The van der Waals surface area contributed by atoms with Gasteiger partial charge in [0, 0.05) is 36.8 Å². The van der Waals surface area contributed by atoms with Gasteiger partial charge in [0.1, 0.15) is 11.6 Å². The van der Waals surface area contributed by atoms with E-state index in [0.29, 0.717) is 17.6 Å². The zero-order valence-electron chi connectivity index (χ0n) is 16.3. The molecule has 6 heteroatoms. The highest BCUT2D eigenvalue weighted by atomic mass is 16.2. The second-order valence-electron chi connectivity index (χ2n) is 7.70. The van der Waals surface area contributed by atoms with Gasteiger partial charge in [-0.15, -0.1) is 0 Å². The van der Waals surface area contributed by atoms with Gasteiger partial charge in [-0.1, -0.05) is 18.2 Å². The molecule has 6 nitrogen and oxygen atoms in total. The average Bonchev–Trinajstić information content (AvgIpc) is 2.74. The number of carbonyl (C=O) groups excluding carboxylic acids is 1. The number of carbonyl (C=O) groups is 1. The fourth-order valence-corrected chi connectivity index (χ4v) is 4.05. The second-order valence-corrected chi connectivity index (χ2v) is 7.70. The van der Waals surface area contributed by atoms with E-state index in [9.17, 15) is 4.79 Å². The zero-order chi connectivity index (χ0) is 19.3. The first-order chi connectivity index (χ1) is 13.7. The molecule has 1 aliphatic heterocycles. The number of aryl methyl sites for hydroxylation is 1. The van der Waals surface area contributed by atoms with E-state index in [1.807, 2.05) is 36.2 Å². The van der Waals surface area contributed by atoms with Crippen molar-refractivity contribution in [3.8, 4) is 0 Å². The largest absolute Gasteiger partial charge is 0.342 e. The summed E-state index contributed by atoms with van der Waals surface area (Å²) in [7, 11) is 0. The summed E-state index contributed by atoms with van der Waals surface area (Å²) in [5.74, 6) is 2.33. The van der Waals surface area contributed by atoms with E-state index in [1.165, 1.54) is 0 Å². The number of allylic oxidation sites excluding steroid dienone is 2. The van der Waals surface area contributed by atoms with Crippen LogP contribution >= 0.6 is 0 Å². The molecule has 2 aromatic rings. The van der Waals surface area contributed by atoms with Gasteiger partial charge in [0.2, 0.25) is 5.91 Å². The van der Waals surface area contributed by atoms with Crippen molar-refractivity contribution in [2.45, 2.75) is 44.9 Å². The van der Waals surface area contributed by atoms with Crippen LogP contribution in [0.3, 0.4) is 0 Å². The lowest BCUT2D eigenvalue weighted by atomic mass is 9.90. The first kappa shape index (κ1) is 18.6. The number of nitrogens with zero attached hydrogens (tertiary/aromatic N) is 4. The third-order valence-electron chi connectivity index (χ3n) is 5.64. The number of hydrogen-bond acceptors (Lipinski definition) is 5. The lowest BCUT2D eigenvalue weighted by Gasteiger charge is -2.34. The molecule has 4 rings (SSSR count). The van der Waals surface area contributed by atoms with Crippen molar-refractivity contribution in [1.82, 2.24) is 19.9 Å². The Bertz CT molecular complexity index is 858. The van der Waals surface area contributed by atoms with Crippen LogP contribution in [0.5, 0.6) is 0 Å². The third kappa shape index (κ3) is 4.38. The molecule has 0 unspecified atom stereocenters. The van der Waals surface area contributed by atoms with Crippen LogP contribution in [0.2, 0.25) is 0 Å². The Hall–Kier alpha value is -2.76. The summed E-state index contributed by atoms with van der Waals surface area (Å²) >= 11 is 0. The van der Waals surface area contributed by atoms with Gasteiger partial charge in [-0.05, 0) is 51.2 Å². The highest BCUT2D eigenvalue weighted by Gasteiger charge is 2.29. The molecule has 2 aliphatic rings. The van der Waals surface area contributed by atoms with Gasteiger partial charge in [-0.25, -0.2) is 9.97 Å². The molecule has 0 bridgehead atoms. The fourth-order valence-electron chi connectivity index (χ4n) is 4.05. The SMILES string of the molecule is Cc1cccc(Nc2cncc(C3CCN(C(=O)[C@@H]4CC=CCC4)CC3)n2)n1. The molecule has 1 fully saturated rings. The fraction of sp³-hybridized carbons (Fsp3) is 0.455. The molecule has 0 saturated carbocycles. The molecule has 2 aromatic heterocycles. The molecule has 1 aliphatic carbocycles. The lowest BCUT2D eigenvalue weighted by molar-refractivity contribution is -0.136. The number of likely N-dealkylation sites (tertiary alicyclic amines) is 1. The Morgan fingerprint density at radius 2 is 1.93 bits per heavy atom. The predicted molar refractivity (Wildman–Crippen MR) is 109 cm³/mol. The smallest absolute Gasteiger partial charge is 0.226 e. The van der Waals surface area contributed by atoms with Crippen LogP contribution < -0.4 is 5.32 Å². The molecular weight excluding hydrogens is 350 g/mol. The Labute approximate surface area is 166 Å². The van der Waals surface area contributed by atoms with E-state index in [2.05, 4.69) is 27.4 Å². The van der Waals surface area contributed by atoms with Gasteiger partial charge < -0.3 is 10.2 Å². The van der Waals surface area contributed by atoms with Gasteiger partial charge >= 0.3 is 0 Å². The molecule has 1 N–H and O–H groups in total. The highest BCUT2D eigenvalue weighted by Crippen LogP contribution is 2.29. The molecule has 0 aromatic carbocycles. The minimum Gasteiger partial charge on any atom is -0.342 e. The van der Waals surface area contributed by atoms with Crippen molar-refractivity contribution in [1.29, 1.82) is 0 Å². The van der Waals surface area contributed by atoms with E-state index in [-0.39, 0.29) is 5.92 Å². The Kier molecular flexibility index (Phi) is 5.65. The summed E-state index contributed by atoms with van der Waals surface area (Å²) in [4.78, 5) is 28.4. The first-order valence-electron chi connectivity index (χ1n) is 10.2. The molecule has 3 heterocycles. The lowest BCUT2D eigenvalue weighted by Crippen LogP contribution is -2.41.